The van der Waals surface area contributed by atoms with Crippen molar-refractivity contribution in [2.24, 2.45) is 0 Å². The molecule has 8 heteroatoms. The zero-order valence-electron chi connectivity index (χ0n) is 15.2. The topological polar surface area (TPSA) is 79.7 Å². The summed E-state index contributed by atoms with van der Waals surface area (Å²) in [7, 11) is 0. The highest BCUT2D eigenvalue weighted by Gasteiger charge is 2.17. The highest BCUT2D eigenvalue weighted by molar-refractivity contribution is 6.31. The number of halogens is 1. The van der Waals surface area contributed by atoms with Crippen LogP contribution < -0.4 is 5.56 Å². The first-order valence-corrected chi connectivity index (χ1v) is 9.14. The first-order chi connectivity index (χ1) is 13.0. The summed E-state index contributed by atoms with van der Waals surface area (Å²) in [6.45, 7) is 5.86. The molecule has 2 heterocycles. The van der Waals surface area contributed by atoms with Crippen LogP contribution in [0.5, 0.6) is 0 Å². The number of ether oxygens (including phenoxy) is 1. The van der Waals surface area contributed by atoms with Gasteiger partial charge in [-0.3, -0.25) is 14.8 Å². The van der Waals surface area contributed by atoms with E-state index in [1.165, 1.54) is 16.8 Å². The van der Waals surface area contributed by atoms with Gasteiger partial charge in [0.15, 0.2) is 5.65 Å². The Balaban J connectivity index is 1.89. The largest absolute Gasteiger partial charge is 0.462 e. The number of hydrogen-bond acceptors (Lipinski definition) is 5. The molecule has 7 nitrogen and oxygen atoms in total. The zero-order valence-corrected chi connectivity index (χ0v) is 16.0. The number of hydrogen-bond donors (Lipinski definition) is 1. The molecule has 1 aromatic carbocycles. The van der Waals surface area contributed by atoms with Gasteiger partial charge in [0.25, 0.3) is 5.56 Å². The number of H-pyrrole nitrogens is 1. The Morgan fingerprint density at radius 2 is 2.07 bits per heavy atom. The first-order valence-electron chi connectivity index (χ1n) is 8.76. The molecule has 0 unspecified atom stereocenters. The van der Waals surface area contributed by atoms with Crippen molar-refractivity contribution >= 4 is 23.2 Å². The van der Waals surface area contributed by atoms with E-state index < -0.39 is 5.97 Å². The Bertz CT molecular complexity index is 1010. The summed E-state index contributed by atoms with van der Waals surface area (Å²) in [5.74, 6) is -0.510. The Kier molecular flexibility index (Phi) is 5.93. The summed E-state index contributed by atoms with van der Waals surface area (Å²) in [4.78, 5) is 31.1. The van der Waals surface area contributed by atoms with Gasteiger partial charge in [-0.1, -0.05) is 36.7 Å². The van der Waals surface area contributed by atoms with Gasteiger partial charge in [-0.15, -0.1) is 0 Å². The van der Waals surface area contributed by atoms with Gasteiger partial charge < -0.3 is 4.74 Å². The van der Waals surface area contributed by atoms with Crippen LogP contribution in [0.4, 0.5) is 0 Å². The molecule has 0 amide bonds. The van der Waals surface area contributed by atoms with Gasteiger partial charge in [0, 0.05) is 30.4 Å². The average molecular weight is 389 g/mol. The number of aromatic amines is 1. The van der Waals surface area contributed by atoms with E-state index in [4.69, 9.17) is 16.3 Å². The standard InChI is InChI=1S/C19H21ClN4O3/c1-3-23(11-13-7-5-6-8-16(13)20)12-14-9-17(25)24-18(22-14)15(10-21-24)19(26)27-4-2/h5-10,21H,3-4,11-12H2,1-2H3. The van der Waals surface area contributed by atoms with Crippen molar-refractivity contribution in [2.45, 2.75) is 26.9 Å². The van der Waals surface area contributed by atoms with E-state index in [2.05, 4.69) is 15.0 Å². The molecule has 0 bridgehead atoms. The van der Waals surface area contributed by atoms with Crippen LogP contribution in [0.1, 0.15) is 35.5 Å². The molecule has 1 N–H and O–H groups in total. The van der Waals surface area contributed by atoms with Crippen molar-refractivity contribution in [1.82, 2.24) is 19.5 Å². The van der Waals surface area contributed by atoms with Crippen molar-refractivity contribution in [3.63, 3.8) is 0 Å². The predicted molar refractivity (Wildman–Crippen MR) is 103 cm³/mol. The maximum atomic E-state index is 12.4. The number of carbonyl (C=O) groups is 1. The van der Waals surface area contributed by atoms with Gasteiger partial charge in [0.2, 0.25) is 0 Å². The number of benzene rings is 1. The second-order valence-electron chi connectivity index (χ2n) is 6.05. The van der Waals surface area contributed by atoms with E-state index in [1.54, 1.807) is 6.92 Å². The quantitative estimate of drug-likeness (QED) is 0.629. The van der Waals surface area contributed by atoms with Crippen molar-refractivity contribution in [3.05, 3.63) is 68.7 Å². The van der Waals surface area contributed by atoms with Crippen LogP contribution >= 0.6 is 11.6 Å². The second-order valence-corrected chi connectivity index (χ2v) is 6.45. The van der Waals surface area contributed by atoms with Gasteiger partial charge in [0.05, 0.1) is 12.3 Å². The molecule has 0 aliphatic rings. The zero-order chi connectivity index (χ0) is 19.4. The van der Waals surface area contributed by atoms with Crippen molar-refractivity contribution in [2.75, 3.05) is 13.2 Å². The van der Waals surface area contributed by atoms with Crippen LogP contribution in [0.25, 0.3) is 5.65 Å². The highest BCUT2D eigenvalue weighted by atomic mass is 35.5. The van der Waals surface area contributed by atoms with Gasteiger partial charge in [-0.2, -0.15) is 0 Å². The fourth-order valence-corrected chi connectivity index (χ4v) is 3.04. The number of fused-ring (bicyclic) bond motifs is 1. The summed E-state index contributed by atoms with van der Waals surface area (Å²) in [6, 6.07) is 9.13. The fourth-order valence-electron chi connectivity index (χ4n) is 2.85. The molecular formula is C19H21ClN4O3. The Labute approximate surface area is 161 Å². The normalized spacial score (nSPS) is 11.3. The van der Waals surface area contributed by atoms with E-state index >= 15 is 0 Å². The summed E-state index contributed by atoms with van der Waals surface area (Å²) in [5.41, 5.74) is 1.82. The van der Waals surface area contributed by atoms with Gasteiger partial charge in [-0.25, -0.2) is 14.3 Å². The molecule has 0 fully saturated rings. The number of nitrogens with one attached hydrogen (secondary N) is 1. The summed E-state index contributed by atoms with van der Waals surface area (Å²) < 4.78 is 6.27. The molecule has 0 aliphatic carbocycles. The Hall–Kier alpha value is -2.64. The van der Waals surface area contributed by atoms with E-state index in [0.29, 0.717) is 23.8 Å². The lowest BCUT2D eigenvalue weighted by Gasteiger charge is -2.20. The summed E-state index contributed by atoms with van der Waals surface area (Å²) >= 11 is 6.25. The van der Waals surface area contributed by atoms with Crippen LogP contribution in [0.2, 0.25) is 5.02 Å². The van der Waals surface area contributed by atoms with Crippen molar-refractivity contribution in [3.8, 4) is 0 Å². The molecule has 142 valence electrons. The van der Waals surface area contributed by atoms with Gasteiger partial charge >= 0.3 is 5.97 Å². The highest BCUT2D eigenvalue weighted by Crippen LogP contribution is 2.18. The molecule has 0 saturated heterocycles. The average Bonchev–Trinajstić information content (AvgIpc) is 3.07. The SMILES string of the molecule is CCOC(=O)c1c[nH]n2c(=O)cc(CN(CC)Cc3ccccc3Cl)nc12. The van der Waals surface area contributed by atoms with Crippen molar-refractivity contribution < 1.29 is 9.53 Å². The molecule has 27 heavy (non-hydrogen) atoms. The van der Waals surface area contributed by atoms with Gasteiger partial charge in [-0.05, 0) is 25.1 Å². The molecule has 3 aromatic rings. The molecule has 2 aromatic heterocycles. The Morgan fingerprint density at radius 3 is 2.78 bits per heavy atom. The summed E-state index contributed by atoms with van der Waals surface area (Å²) in [6.07, 6.45) is 1.44. The third-order valence-corrected chi connectivity index (χ3v) is 4.60. The first kappa shape index (κ1) is 19.1. The Morgan fingerprint density at radius 1 is 1.30 bits per heavy atom. The molecular weight excluding hydrogens is 368 g/mol. The molecule has 0 aliphatic heterocycles. The molecule has 0 saturated carbocycles. The number of rotatable bonds is 7. The number of aromatic nitrogens is 3. The number of carbonyl (C=O) groups excluding carboxylic acids is 1. The van der Waals surface area contributed by atoms with E-state index in [1.807, 2.05) is 31.2 Å². The molecule has 0 spiro atoms. The lowest BCUT2D eigenvalue weighted by molar-refractivity contribution is 0.0528. The van der Waals surface area contributed by atoms with Crippen molar-refractivity contribution in [1.29, 1.82) is 0 Å². The fraction of sp³-hybridized carbons (Fsp3) is 0.316. The van der Waals surface area contributed by atoms with E-state index in [0.717, 1.165) is 12.1 Å². The van der Waals surface area contributed by atoms with Gasteiger partial charge in [0.1, 0.15) is 5.56 Å². The third kappa shape index (κ3) is 4.20. The van der Waals surface area contributed by atoms with Crippen LogP contribution in [0, 0.1) is 0 Å². The number of esters is 1. The smallest absolute Gasteiger partial charge is 0.343 e. The van der Waals surface area contributed by atoms with Crippen LogP contribution in [0.3, 0.4) is 0 Å². The number of nitrogens with zero attached hydrogens (tertiary/aromatic N) is 3. The maximum absolute atomic E-state index is 12.4. The van der Waals surface area contributed by atoms with Crippen LogP contribution in [-0.2, 0) is 17.8 Å². The monoisotopic (exact) mass is 388 g/mol. The predicted octanol–water partition coefficient (Wildman–Crippen LogP) is 2.87. The lowest BCUT2D eigenvalue weighted by Crippen LogP contribution is -2.25. The summed E-state index contributed by atoms with van der Waals surface area (Å²) in [5, 5.41) is 3.45. The minimum absolute atomic E-state index is 0.241. The van der Waals surface area contributed by atoms with E-state index in [9.17, 15) is 9.59 Å². The van der Waals surface area contributed by atoms with Crippen LogP contribution in [-0.4, -0.2) is 38.6 Å². The second kappa shape index (κ2) is 8.37. The maximum Gasteiger partial charge on any atom is 0.343 e. The molecule has 0 radical (unpaired) electrons. The lowest BCUT2D eigenvalue weighted by atomic mass is 10.2. The van der Waals surface area contributed by atoms with Crippen LogP contribution in [0.15, 0.2) is 41.3 Å². The molecule has 0 atom stereocenters. The minimum atomic E-state index is -0.510. The third-order valence-electron chi connectivity index (χ3n) is 4.23. The molecule has 3 rings (SSSR count). The van der Waals surface area contributed by atoms with E-state index in [-0.39, 0.29) is 23.4 Å². The minimum Gasteiger partial charge on any atom is -0.462 e.